The minimum absolute atomic E-state index is 0.483. The Bertz CT molecular complexity index is 140. The smallest absolute Gasteiger partial charge is 0.0897 e. The van der Waals surface area contributed by atoms with Crippen LogP contribution in [0.15, 0.2) is 0 Å². The molecule has 0 aromatic rings. The van der Waals surface area contributed by atoms with Gasteiger partial charge in [-0.3, -0.25) is 0 Å². The molecule has 0 aliphatic carbocycles. The van der Waals surface area contributed by atoms with Gasteiger partial charge in [-0.2, -0.15) is 0 Å². The predicted molar refractivity (Wildman–Crippen MR) is 50.2 cm³/mol. The number of hydrogen-bond donors (Lipinski definition) is 2. The second kappa shape index (κ2) is 4.21. The minimum atomic E-state index is -0.483. The minimum Gasteiger partial charge on any atom is -0.387 e. The monoisotopic (exact) mass is 172 g/mol. The van der Waals surface area contributed by atoms with Gasteiger partial charge in [-0.25, -0.2) is 0 Å². The van der Waals surface area contributed by atoms with E-state index < -0.39 is 5.60 Å². The third-order valence-electron chi connectivity index (χ3n) is 2.45. The molecule has 1 unspecified atom stereocenters. The Hall–Kier alpha value is -0.120. The number of likely N-dealkylation sites (tertiary alicyclic amines) is 1. The van der Waals surface area contributed by atoms with Crippen LogP contribution in [0.3, 0.4) is 0 Å². The van der Waals surface area contributed by atoms with Crippen molar-refractivity contribution < 1.29 is 5.11 Å². The van der Waals surface area contributed by atoms with Crippen molar-refractivity contribution in [3.05, 3.63) is 0 Å². The highest BCUT2D eigenvalue weighted by Crippen LogP contribution is 2.18. The number of hydrogen-bond acceptors (Lipinski definition) is 3. The molecule has 1 rings (SSSR count). The Kier molecular flexibility index (Phi) is 3.50. The maximum Gasteiger partial charge on any atom is 0.0897 e. The van der Waals surface area contributed by atoms with Gasteiger partial charge in [0.05, 0.1) is 5.60 Å². The third kappa shape index (κ3) is 2.73. The van der Waals surface area contributed by atoms with E-state index in [4.69, 9.17) is 0 Å². The fourth-order valence-corrected chi connectivity index (χ4v) is 1.84. The van der Waals surface area contributed by atoms with Crippen LogP contribution in [0.4, 0.5) is 0 Å². The summed E-state index contributed by atoms with van der Waals surface area (Å²) in [5.74, 6) is 0. The Morgan fingerprint density at radius 1 is 1.58 bits per heavy atom. The van der Waals surface area contributed by atoms with Crippen LogP contribution in [0.5, 0.6) is 0 Å². The van der Waals surface area contributed by atoms with Gasteiger partial charge in [0.25, 0.3) is 0 Å². The molecular weight excluding hydrogens is 152 g/mol. The summed E-state index contributed by atoms with van der Waals surface area (Å²) in [6.07, 6.45) is 2.04. The number of piperidine rings is 1. The molecule has 2 N–H and O–H groups in total. The van der Waals surface area contributed by atoms with Crippen LogP contribution in [0.25, 0.3) is 0 Å². The van der Waals surface area contributed by atoms with Crippen molar-refractivity contribution in [1.29, 1.82) is 0 Å². The largest absolute Gasteiger partial charge is 0.387 e. The summed E-state index contributed by atoms with van der Waals surface area (Å²) in [6, 6.07) is 0. The van der Waals surface area contributed by atoms with Crippen LogP contribution in [0.1, 0.15) is 19.8 Å². The normalized spacial score (nSPS) is 32.2. The van der Waals surface area contributed by atoms with Crippen LogP contribution in [-0.4, -0.2) is 48.8 Å². The highest BCUT2D eigenvalue weighted by Gasteiger charge is 2.30. The average Bonchev–Trinajstić information content (AvgIpc) is 2.01. The summed E-state index contributed by atoms with van der Waals surface area (Å²) >= 11 is 0. The summed E-state index contributed by atoms with van der Waals surface area (Å²) in [6.45, 7) is 5.66. The van der Waals surface area contributed by atoms with Gasteiger partial charge in [-0.05, 0) is 33.0 Å². The van der Waals surface area contributed by atoms with Crippen molar-refractivity contribution in [2.24, 2.45) is 0 Å². The lowest BCUT2D eigenvalue weighted by Gasteiger charge is -2.37. The van der Waals surface area contributed by atoms with Crippen molar-refractivity contribution in [3.8, 4) is 0 Å². The predicted octanol–water partition coefficient (Wildman–Crippen LogP) is 0.0526. The number of aliphatic hydroxyl groups is 1. The number of β-amino-alcohol motifs (C(OH)–C–C–N with tert-alkyl or cyclic N) is 1. The molecule has 1 saturated heterocycles. The van der Waals surface area contributed by atoms with E-state index in [0.29, 0.717) is 0 Å². The SMILES string of the molecule is CCNCC1(O)CCCN(C)C1. The van der Waals surface area contributed by atoms with Crippen molar-refractivity contribution in [2.75, 3.05) is 33.2 Å². The molecule has 1 heterocycles. The van der Waals surface area contributed by atoms with Gasteiger partial charge in [0.2, 0.25) is 0 Å². The maximum atomic E-state index is 10.1. The molecular formula is C9H20N2O. The zero-order valence-electron chi connectivity index (χ0n) is 8.14. The van der Waals surface area contributed by atoms with Crippen LogP contribution < -0.4 is 5.32 Å². The van der Waals surface area contributed by atoms with Crippen molar-refractivity contribution in [1.82, 2.24) is 10.2 Å². The third-order valence-corrected chi connectivity index (χ3v) is 2.45. The molecule has 3 nitrogen and oxygen atoms in total. The van der Waals surface area contributed by atoms with Crippen LogP contribution in [0, 0.1) is 0 Å². The number of nitrogens with one attached hydrogen (secondary N) is 1. The zero-order valence-corrected chi connectivity index (χ0v) is 8.14. The van der Waals surface area contributed by atoms with Crippen molar-refractivity contribution in [3.63, 3.8) is 0 Å². The topological polar surface area (TPSA) is 35.5 Å². The lowest BCUT2D eigenvalue weighted by molar-refractivity contribution is -0.0212. The molecule has 1 atom stereocenters. The molecule has 0 bridgehead atoms. The zero-order chi connectivity index (χ0) is 9.03. The lowest BCUT2D eigenvalue weighted by atomic mass is 9.93. The first kappa shape index (κ1) is 9.96. The van der Waals surface area contributed by atoms with E-state index in [0.717, 1.165) is 39.0 Å². The van der Waals surface area contributed by atoms with Gasteiger partial charge in [0.1, 0.15) is 0 Å². The molecule has 0 radical (unpaired) electrons. The van der Waals surface area contributed by atoms with Crippen molar-refractivity contribution in [2.45, 2.75) is 25.4 Å². The molecule has 0 aromatic heterocycles. The maximum absolute atomic E-state index is 10.1. The van der Waals surface area contributed by atoms with Gasteiger partial charge in [0, 0.05) is 13.1 Å². The Morgan fingerprint density at radius 2 is 2.33 bits per heavy atom. The molecule has 0 spiro atoms. The summed E-state index contributed by atoms with van der Waals surface area (Å²) in [7, 11) is 2.07. The van der Waals surface area contributed by atoms with Gasteiger partial charge in [0.15, 0.2) is 0 Å². The van der Waals surface area contributed by atoms with E-state index in [9.17, 15) is 5.11 Å². The van der Waals surface area contributed by atoms with Crippen LogP contribution in [0.2, 0.25) is 0 Å². The average molecular weight is 172 g/mol. The Labute approximate surface area is 74.8 Å². The quantitative estimate of drug-likeness (QED) is 0.631. The summed E-state index contributed by atoms with van der Waals surface area (Å²) in [5.41, 5.74) is -0.483. The molecule has 72 valence electrons. The van der Waals surface area contributed by atoms with E-state index in [1.165, 1.54) is 0 Å². The van der Waals surface area contributed by atoms with E-state index in [2.05, 4.69) is 24.2 Å². The summed E-state index contributed by atoms with van der Waals surface area (Å²) in [4.78, 5) is 2.20. The van der Waals surface area contributed by atoms with E-state index in [1.807, 2.05) is 0 Å². The van der Waals surface area contributed by atoms with Gasteiger partial charge >= 0.3 is 0 Å². The van der Waals surface area contributed by atoms with Crippen molar-refractivity contribution >= 4 is 0 Å². The molecule has 0 aromatic carbocycles. The van der Waals surface area contributed by atoms with Gasteiger partial charge in [-0.1, -0.05) is 6.92 Å². The highest BCUT2D eigenvalue weighted by molar-refractivity contribution is 4.87. The number of nitrogens with zero attached hydrogens (tertiary/aromatic N) is 1. The van der Waals surface area contributed by atoms with Gasteiger partial charge < -0.3 is 15.3 Å². The lowest BCUT2D eigenvalue weighted by Crippen LogP contribution is -2.52. The second-order valence-electron chi connectivity index (χ2n) is 3.85. The first-order chi connectivity index (χ1) is 5.66. The van der Waals surface area contributed by atoms with E-state index in [-0.39, 0.29) is 0 Å². The van der Waals surface area contributed by atoms with Crippen LogP contribution in [-0.2, 0) is 0 Å². The Balaban J connectivity index is 2.35. The molecule has 1 aliphatic rings. The van der Waals surface area contributed by atoms with Gasteiger partial charge in [-0.15, -0.1) is 0 Å². The molecule has 1 aliphatic heterocycles. The molecule has 3 heteroatoms. The first-order valence-electron chi connectivity index (χ1n) is 4.78. The van der Waals surface area contributed by atoms with Crippen LogP contribution >= 0.6 is 0 Å². The number of likely N-dealkylation sites (N-methyl/N-ethyl adjacent to an activating group) is 2. The fraction of sp³-hybridized carbons (Fsp3) is 1.00. The summed E-state index contributed by atoms with van der Waals surface area (Å²) in [5, 5.41) is 13.3. The molecule has 0 saturated carbocycles. The Morgan fingerprint density at radius 3 is 2.92 bits per heavy atom. The summed E-state index contributed by atoms with van der Waals surface area (Å²) < 4.78 is 0. The molecule has 0 amide bonds. The highest BCUT2D eigenvalue weighted by atomic mass is 16.3. The molecule has 12 heavy (non-hydrogen) atoms. The van der Waals surface area contributed by atoms with E-state index in [1.54, 1.807) is 0 Å². The first-order valence-corrected chi connectivity index (χ1v) is 4.78. The van der Waals surface area contributed by atoms with E-state index >= 15 is 0 Å². The fourth-order valence-electron chi connectivity index (χ4n) is 1.84. The number of rotatable bonds is 3. The second-order valence-corrected chi connectivity index (χ2v) is 3.85. The standard InChI is InChI=1S/C9H20N2O/c1-3-10-7-9(12)5-4-6-11(2)8-9/h10,12H,3-8H2,1-2H3. The molecule has 1 fully saturated rings.